The maximum absolute atomic E-state index is 12.1. The number of rotatable bonds is 6. The molecule has 3 aromatic rings. The third-order valence-corrected chi connectivity index (χ3v) is 6.60. The van der Waals surface area contributed by atoms with Crippen molar-refractivity contribution in [2.24, 2.45) is 0 Å². The first-order valence-electron chi connectivity index (χ1n) is 7.65. The van der Waals surface area contributed by atoms with Crippen LogP contribution >= 0.6 is 23.1 Å². The fourth-order valence-electron chi connectivity index (χ4n) is 2.17. The van der Waals surface area contributed by atoms with Gasteiger partial charge in [0.2, 0.25) is 5.91 Å². The Hall–Kier alpha value is -2.16. The number of aromatic nitrogens is 1. The van der Waals surface area contributed by atoms with Crippen LogP contribution in [-0.4, -0.2) is 31.3 Å². The normalized spacial score (nSPS) is 11.3. The number of anilines is 1. The molecule has 1 aromatic heterocycles. The van der Waals surface area contributed by atoms with Gasteiger partial charge in [-0.3, -0.25) is 4.79 Å². The topological polar surface area (TPSA) is 76.1 Å². The van der Waals surface area contributed by atoms with Crippen LogP contribution in [0.25, 0.3) is 11.3 Å². The Labute approximate surface area is 160 Å². The molecule has 5 nitrogen and oxygen atoms in total. The van der Waals surface area contributed by atoms with Crippen LogP contribution in [-0.2, 0) is 14.6 Å². The van der Waals surface area contributed by atoms with Crippen LogP contribution in [0.15, 0.2) is 69.2 Å². The summed E-state index contributed by atoms with van der Waals surface area (Å²) in [6.45, 7) is 0. The summed E-state index contributed by atoms with van der Waals surface area (Å²) in [7, 11) is -3.24. The Bertz CT molecular complexity index is 998. The first kappa shape index (κ1) is 18.6. The van der Waals surface area contributed by atoms with Crippen molar-refractivity contribution in [2.45, 2.75) is 9.24 Å². The van der Waals surface area contributed by atoms with Gasteiger partial charge in [0.05, 0.1) is 16.3 Å². The van der Waals surface area contributed by atoms with Gasteiger partial charge < -0.3 is 5.32 Å². The number of thiazole rings is 1. The maximum Gasteiger partial charge on any atom is 0.234 e. The monoisotopic (exact) mass is 404 g/mol. The van der Waals surface area contributed by atoms with Crippen molar-refractivity contribution in [3.8, 4) is 11.3 Å². The minimum atomic E-state index is -3.24. The molecule has 0 aliphatic heterocycles. The third-order valence-electron chi connectivity index (χ3n) is 3.45. The maximum atomic E-state index is 12.1. The number of benzene rings is 2. The molecule has 134 valence electrons. The Balaban J connectivity index is 1.55. The first-order valence-corrected chi connectivity index (χ1v) is 11.4. The number of carbonyl (C=O) groups excluding carboxylic acids is 1. The van der Waals surface area contributed by atoms with E-state index < -0.39 is 9.84 Å². The minimum absolute atomic E-state index is 0.168. The van der Waals surface area contributed by atoms with Crippen LogP contribution in [0.4, 0.5) is 5.69 Å². The van der Waals surface area contributed by atoms with Gasteiger partial charge in [-0.1, -0.05) is 42.1 Å². The van der Waals surface area contributed by atoms with Gasteiger partial charge in [-0.25, -0.2) is 13.4 Å². The van der Waals surface area contributed by atoms with Gasteiger partial charge >= 0.3 is 0 Å². The smallest absolute Gasteiger partial charge is 0.234 e. The second-order valence-corrected chi connectivity index (χ2v) is 9.59. The number of nitrogens with zero attached hydrogens (tertiary/aromatic N) is 1. The molecule has 1 amide bonds. The van der Waals surface area contributed by atoms with E-state index in [0.29, 0.717) is 5.69 Å². The van der Waals surface area contributed by atoms with Crippen LogP contribution in [0.2, 0.25) is 0 Å². The number of amides is 1. The van der Waals surface area contributed by atoms with Gasteiger partial charge in [0.15, 0.2) is 14.2 Å². The average molecular weight is 405 g/mol. The van der Waals surface area contributed by atoms with E-state index in [4.69, 9.17) is 0 Å². The van der Waals surface area contributed by atoms with E-state index in [1.54, 1.807) is 12.1 Å². The summed E-state index contributed by atoms with van der Waals surface area (Å²) in [4.78, 5) is 16.8. The molecule has 0 fully saturated rings. The van der Waals surface area contributed by atoms with Crippen molar-refractivity contribution in [1.82, 2.24) is 4.98 Å². The zero-order valence-electron chi connectivity index (χ0n) is 13.9. The molecule has 3 rings (SSSR count). The van der Waals surface area contributed by atoms with E-state index >= 15 is 0 Å². The number of hydrogen-bond acceptors (Lipinski definition) is 6. The Morgan fingerprint density at radius 3 is 2.46 bits per heavy atom. The van der Waals surface area contributed by atoms with E-state index in [9.17, 15) is 13.2 Å². The standard InChI is InChI=1S/C18H16N2O3S3/c1-26(22,23)15-9-7-14(8-10-15)19-17(21)12-25-18-20-16(11-24-18)13-5-3-2-4-6-13/h2-11H,12H2,1H3,(H,19,21). The van der Waals surface area contributed by atoms with Crippen LogP contribution < -0.4 is 5.32 Å². The van der Waals surface area contributed by atoms with Gasteiger partial charge in [0.25, 0.3) is 0 Å². The molecule has 1 N–H and O–H groups in total. The molecule has 2 aromatic carbocycles. The van der Waals surface area contributed by atoms with Gasteiger partial charge in [-0.2, -0.15) is 0 Å². The molecule has 1 heterocycles. The Morgan fingerprint density at radius 2 is 1.81 bits per heavy atom. The van der Waals surface area contributed by atoms with E-state index in [1.165, 1.54) is 35.2 Å². The molecule has 0 unspecified atom stereocenters. The minimum Gasteiger partial charge on any atom is -0.325 e. The largest absolute Gasteiger partial charge is 0.325 e. The molecule has 0 aliphatic rings. The lowest BCUT2D eigenvalue weighted by molar-refractivity contribution is -0.113. The molecule has 0 saturated carbocycles. The fourth-order valence-corrected chi connectivity index (χ4v) is 4.44. The highest BCUT2D eigenvalue weighted by atomic mass is 32.2. The summed E-state index contributed by atoms with van der Waals surface area (Å²) in [5.41, 5.74) is 2.51. The summed E-state index contributed by atoms with van der Waals surface area (Å²) >= 11 is 2.87. The molecule has 0 radical (unpaired) electrons. The SMILES string of the molecule is CS(=O)(=O)c1ccc(NC(=O)CSc2nc(-c3ccccc3)cs2)cc1. The summed E-state index contributed by atoms with van der Waals surface area (Å²) in [6.07, 6.45) is 1.15. The summed E-state index contributed by atoms with van der Waals surface area (Å²) < 4.78 is 23.7. The van der Waals surface area contributed by atoms with Crippen LogP contribution in [0.3, 0.4) is 0 Å². The number of hydrogen-bond donors (Lipinski definition) is 1. The lowest BCUT2D eigenvalue weighted by atomic mass is 10.2. The van der Waals surface area contributed by atoms with E-state index in [2.05, 4.69) is 10.3 Å². The van der Waals surface area contributed by atoms with Crippen molar-refractivity contribution in [3.63, 3.8) is 0 Å². The van der Waals surface area contributed by atoms with Gasteiger partial charge in [0.1, 0.15) is 0 Å². The number of thioether (sulfide) groups is 1. The Kier molecular flexibility index (Phi) is 5.75. The van der Waals surface area contributed by atoms with Crippen molar-refractivity contribution in [3.05, 3.63) is 60.0 Å². The van der Waals surface area contributed by atoms with Crippen LogP contribution in [0.5, 0.6) is 0 Å². The predicted molar refractivity (Wildman–Crippen MR) is 106 cm³/mol. The third kappa shape index (κ3) is 4.94. The number of nitrogens with one attached hydrogen (secondary N) is 1. The molecular weight excluding hydrogens is 388 g/mol. The lowest BCUT2D eigenvalue weighted by Crippen LogP contribution is -2.14. The second kappa shape index (κ2) is 8.03. The molecule has 0 saturated heterocycles. The van der Waals surface area contributed by atoms with Crippen molar-refractivity contribution >= 4 is 44.5 Å². The van der Waals surface area contributed by atoms with Crippen LogP contribution in [0, 0.1) is 0 Å². The van der Waals surface area contributed by atoms with Crippen LogP contribution in [0.1, 0.15) is 0 Å². The molecule has 0 spiro atoms. The molecule has 0 atom stereocenters. The lowest BCUT2D eigenvalue weighted by Gasteiger charge is -2.05. The van der Waals surface area contributed by atoms with Crippen molar-refractivity contribution in [2.75, 3.05) is 17.3 Å². The number of sulfone groups is 1. The predicted octanol–water partition coefficient (Wildman–Crippen LogP) is 3.94. The molecule has 8 heteroatoms. The zero-order valence-corrected chi connectivity index (χ0v) is 16.3. The zero-order chi connectivity index (χ0) is 18.6. The van der Waals surface area contributed by atoms with Crippen molar-refractivity contribution < 1.29 is 13.2 Å². The molecule has 0 bridgehead atoms. The molecule has 0 aliphatic carbocycles. The summed E-state index contributed by atoms with van der Waals surface area (Å²) in [5.74, 6) is 0.0637. The highest BCUT2D eigenvalue weighted by Crippen LogP contribution is 2.28. The van der Waals surface area contributed by atoms with Gasteiger partial charge in [-0.05, 0) is 24.3 Å². The average Bonchev–Trinajstić information content (AvgIpc) is 3.09. The van der Waals surface area contributed by atoms with Gasteiger partial charge in [0, 0.05) is 22.9 Å². The van der Waals surface area contributed by atoms with E-state index in [-0.39, 0.29) is 16.6 Å². The number of carbonyl (C=O) groups is 1. The molecule has 26 heavy (non-hydrogen) atoms. The first-order chi connectivity index (χ1) is 12.4. The van der Waals surface area contributed by atoms with Crippen molar-refractivity contribution in [1.29, 1.82) is 0 Å². The highest BCUT2D eigenvalue weighted by molar-refractivity contribution is 8.01. The van der Waals surface area contributed by atoms with E-state index in [0.717, 1.165) is 21.9 Å². The quantitative estimate of drug-likeness (QED) is 0.630. The summed E-state index contributed by atoms with van der Waals surface area (Å²) in [6, 6.07) is 16.0. The Morgan fingerprint density at radius 1 is 1.12 bits per heavy atom. The second-order valence-electron chi connectivity index (χ2n) is 5.50. The van der Waals surface area contributed by atoms with Gasteiger partial charge in [-0.15, -0.1) is 11.3 Å². The van der Waals surface area contributed by atoms with E-state index in [1.807, 2.05) is 35.7 Å². The molecular formula is C18H16N2O3S3. The summed E-state index contributed by atoms with van der Waals surface area (Å²) in [5, 5.41) is 4.72. The highest BCUT2D eigenvalue weighted by Gasteiger charge is 2.10. The fraction of sp³-hybridized carbons (Fsp3) is 0.111.